The summed E-state index contributed by atoms with van der Waals surface area (Å²) >= 11 is 0. The van der Waals surface area contributed by atoms with Crippen molar-refractivity contribution in [2.45, 2.75) is 59.3 Å². The normalized spacial score (nSPS) is 15.6. The van der Waals surface area contributed by atoms with Crippen LogP contribution in [0.15, 0.2) is 0 Å². The van der Waals surface area contributed by atoms with Gasteiger partial charge in [0.1, 0.15) is 5.60 Å². The fourth-order valence-electron chi connectivity index (χ4n) is 1.54. The lowest BCUT2D eigenvalue weighted by Gasteiger charge is -2.39. The number of ether oxygens (including phenoxy) is 1. The molecular weight excluding hydrogens is 250 g/mol. The molecule has 0 aliphatic carbocycles. The molecular formula is C13H25NO5. The zero-order valence-corrected chi connectivity index (χ0v) is 12.7. The number of carbonyl (C=O) groups is 2. The number of carboxylic acid groups (broad SMARTS) is 1. The fraction of sp³-hybridized carbons (Fsp3) is 0.846. The molecule has 0 aromatic carbocycles. The van der Waals surface area contributed by atoms with Crippen LogP contribution < -0.4 is 0 Å². The highest BCUT2D eigenvalue weighted by Crippen LogP contribution is 2.29. The summed E-state index contributed by atoms with van der Waals surface area (Å²) in [6.45, 7) is 10.1. The van der Waals surface area contributed by atoms with Crippen molar-refractivity contribution in [2.75, 3.05) is 7.05 Å². The Morgan fingerprint density at radius 3 is 1.89 bits per heavy atom. The Bertz CT molecular complexity index is 345. The zero-order chi connectivity index (χ0) is 15.6. The maximum absolute atomic E-state index is 11.9. The van der Waals surface area contributed by atoms with Crippen LogP contribution >= 0.6 is 0 Å². The van der Waals surface area contributed by atoms with Gasteiger partial charge in [0.15, 0.2) is 6.10 Å². The van der Waals surface area contributed by atoms with E-state index in [-0.39, 0.29) is 0 Å². The lowest BCUT2D eigenvalue weighted by molar-refractivity contribution is -0.155. The third-order valence-corrected chi connectivity index (χ3v) is 3.28. The average molecular weight is 275 g/mol. The highest BCUT2D eigenvalue weighted by atomic mass is 16.6. The lowest BCUT2D eigenvalue weighted by Crippen LogP contribution is -2.52. The van der Waals surface area contributed by atoms with Crippen LogP contribution in [0.4, 0.5) is 4.79 Å². The van der Waals surface area contributed by atoms with Crippen molar-refractivity contribution in [3.05, 3.63) is 0 Å². The smallest absolute Gasteiger partial charge is 0.410 e. The van der Waals surface area contributed by atoms with Crippen molar-refractivity contribution >= 4 is 12.1 Å². The Hall–Kier alpha value is -1.30. The third kappa shape index (κ3) is 4.70. The minimum absolute atomic E-state index is 0.506. The largest absolute Gasteiger partial charge is 0.479 e. The first-order chi connectivity index (χ1) is 8.30. The van der Waals surface area contributed by atoms with E-state index in [4.69, 9.17) is 9.84 Å². The Kier molecular flexibility index (Phi) is 5.38. The first-order valence-corrected chi connectivity index (χ1v) is 6.17. The van der Waals surface area contributed by atoms with Crippen LogP contribution in [0.1, 0.15) is 41.5 Å². The van der Waals surface area contributed by atoms with Gasteiger partial charge in [-0.25, -0.2) is 9.59 Å². The number of nitrogens with zero attached hydrogens (tertiary/aromatic N) is 1. The summed E-state index contributed by atoms with van der Waals surface area (Å²) in [4.78, 5) is 24.1. The maximum atomic E-state index is 11.9. The summed E-state index contributed by atoms with van der Waals surface area (Å²) in [6, 6.07) is -0.506. The maximum Gasteiger partial charge on any atom is 0.410 e. The number of rotatable bonds is 4. The Labute approximate surface area is 114 Å². The van der Waals surface area contributed by atoms with Crippen molar-refractivity contribution in [3.8, 4) is 0 Å². The molecule has 6 heteroatoms. The van der Waals surface area contributed by atoms with Gasteiger partial charge in [-0.3, -0.25) is 0 Å². The fourth-order valence-corrected chi connectivity index (χ4v) is 1.54. The van der Waals surface area contributed by atoms with E-state index in [2.05, 4.69) is 0 Å². The molecule has 0 radical (unpaired) electrons. The quantitative estimate of drug-likeness (QED) is 0.815. The second-order valence-electron chi connectivity index (χ2n) is 6.33. The predicted molar refractivity (Wildman–Crippen MR) is 70.9 cm³/mol. The van der Waals surface area contributed by atoms with E-state index in [0.717, 1.165) is 0 Å². The second-order valence-corrected chi connectivity index (χ2v) is 6.33. The molecule has 0 fully saturated rings. The van der Waals surface area contributed by atoms with Gasteiger partial charge in [-0.15, -0.1) is 0 Å². The minimum Gasteiger partial charge on any atom is -0.479 e. The Morgan fingerprint density at radius 1 is 1.16 bits per heavy atom. The summed E-state index contributed by atoms with van der Waals surface area (Å²) in [5, 5.41) is 18.6. The molecule has 0 spiro atoms. The number of amides is 1. The second kappa shape index (κ2) is 5.77. The van der Waals surface area contributed by atoms with Crippen molar-refractivity contribution in [1.29, 1.82) is 0 Å². The molecule has 112 valence electrons. The average Bonchev–Trinajstić information content (AvgIpc) is 2.23. The van der Waals surface area contributed by atoms with Crippen LogP contribution in [0.25, 0.3) is 0 Å². The molecule has 2 unspecified atom stereocenters. The molecule has 1 amide bonds. The van der Waals surface area contributed by atoms with Gasteiger partial charge >= 0.3 is 12.1 Å². The SMILES string of the molecule is CC(N(C)C(=O)OC(C)(C)C)C(C)(C)C(O)C(=O)O. The third-order valence-electron chi connectivity index (χ3n) is 3.28. The number of hydrogen-bond acceptors (Lipinski definition) is 4. The lowest BCUT2D eigenvalue weighted by atomic mass is 9.79. The minimum atomic E-state index is -1.56. The molecule has 2 atom stereocenters. The topological polar surface area (TPSA) is 87.1 Å². The van der Waals surface area contributed by atoms with Gasteiger partial charge in [-0.05, 0) is 27.7 Å². The van der Waals surface area contributed by atoms with Crippen LogP contribution in [-0.4, -0.2) is 52.0 Å². The first-order valence-electron chi connectivity index (χ1n) is 6.17. The number of aliphatic carboxylic acids is 1. The van der Waals surface area contributed by atoms with E-state index in [9.17, 15) is 14.7 Å². The molecule has 0 aliphatic heterocycles. The number of aliphatic hydroxyl groups excluding tert-OH is 1. The number of hydrogen-bond donors (Lipinski definition) is 2. The monoisotopic (exact) mass is 275 g/mol. The molecule has 0 rings (SSSR count). The summed E-state index contributed by atoms with van der Waals surface area (Å²) in [7, 11) is 1.52. The van der Waals surface area contributed by atoms with E-state index in [1.807, 2.05) is 0 Å². The Morgan fingerprint density at radius 2 is 1.58 bits per heavy atom. The van der Waals surface area contributed by atoms with Crippen molar-refractivity contribution < 1.29 is 24.5 Å². The summed E-state index contributed by atoms with van der Waals surface area (Å²) in [5.41, 5.74) is -1.63. The molecule has 0 aromatic heterocycles. The van der Waals surface area contributed by atoms with Gasteiger partial charge in [0.25, 0.3) is 0 Å². The van der Waals surface area contributed by atoms with Crippen LogP contribution in [0.3, 0.4) is 0 Å². The molecule has 0 saturated heterocycles. The molecule has 0 aromatic rings. The van der Waals surface area contributed by atoms with E-state index in [1.54, 1.807) is 41.5 Å². The molecule has 0 aliphatic rings. The molecule has 2 N–H and O–H groups in total. The standard InChI is InChI=1S/C13H25NO5/c1-8(13(5,6)9(15)10(16)17)14(7)11(18)19-12(2,3)4/h8-9,15H,1-7H3,(H,16,17). The van der Waals surface area contributed by atoms with Gasteiger partial charge in [0, 0.05) is 18.5 Å². The van der Waals surface area contributed by atoms with Crippen molar-refractivity contribution in [3.63, 3.8) is 0 Å². The van der Waals surface area contributed by atoms with Gasteiger partial charge in [0.05, 0.1) is 0 Å². The highest BCUT2D eigenvalue weighted by Gasteiger charge is 2.42. The molecule has 6 nitrogen and oxygen atoms in total. The van der Waals surface area contributed by atoms with E-state index in [0.29, 0.717) is 0 Å². The highest BCUT2D eigenvalue weighted by molar-refractivity contribution is 5.73. The van der Waals surface area contributed by atoms with Crippen molar-refractivity contribution in [2.24, 2.45) is 5.41 Å². The van der Waals surface area contributed by atoms with Gasteiger partial charge in [0.2, 0.25) is 0 Å². The molecule has 0 bridgehead atoms. The van der Waals surface area contributed by atoms with Crippen LogP contribution in [0.2, 0.25) is 0 Å². The zero-order valence-electron chi connectivity index (χ0n) is 12.7. The molecule has 0 heterocycles. The van der Waals surface area contributed by atoms with Crippen LogP contribution in [-0.2, 0) is 9.53 Å². The Balaban J connectivity index is 4.95. The number of carbonyl (C=O) groups excluding carboxylic acids is 1. The number of carboxylic acids is 1. The predicted octanol–water partition coefficient (Wildman–Crippen LogP) is 1.71. The molecule has 19 heavy (non-hydrogen) atoms. The number of aliphatic hydroxyl groups is 1. The van der Waals surface area contributed by atoms with Crippen LogP contribution in [0.5, 0.6) is 0 Å². The van der Waals surface area contributed by atoms with Gasteiger partial charge < -0.3 is 19.8 Å². The van der Waals surface area contributed by atoms with E-state index < -0.39 is 35.2 Å². The van der Waals surface area contributed by atoms with Crippen molar-refractivity contribution in [1.82, 2.24) is 4.90 Å². The summed E-state index contributed by atoms with van der Waals surface area (Å²) in [6.07, 6.45) is -2.11. The summed E-state index contributed by atoms with van der Waals surface area (Å²) in [5.74, 6) is -1.31. The van der Waals surface area contributed by atoms with Gasteiger partial charge in [-0.2, -0.15) is 0 Å². The van der Waals surface area contributed by atoms with Gasteiger partial charge in [-0.1, -0.05) is 13.8 Å². The first kappa shape index (κ1) is 17.7. The van der Waals surface area contributed by atoms with Crippen LogP contribution in [0, 0.1) is 5.41 Å². The van der Waals surface area contributed by atoms with E-state index >= 15 is 0 Å². The summed E-state index contributed by atoms with van der Waals surface area (Å²) < 4.78 is 5.21. The van der Waals surface area contributed by atoms with E-state index in [1.165, 1.54) is 11.9 Å². The molecule has 0 saturated carbocycles.